The zero-order valence-corrected chi connectivity index (χ0v) is 13.7. The molecule has 2 aromatic carbocycles. The number of methoxy groups -OCH3 is 2. The summed E-state index contributed by atoms with van der Waals surface area (Å²) < 4.78 is 25.1. The molecule has 1 atom stereocenters. The van der Waals surface area contributed by atoms with E-state index in [1.54, 1.807) is 18.2 Å². The minimum absolute atomic E-state index is 0.0434. The van der Waals surface area contributed by atoms with Crippen LogP contribution in [0.3, 0.4) is 0 Å². The Kier molecular flexibility index (Phi) is 5.08. The van der Waals surface area contributed by atoms with Crippen LogP contribution in [0.1, 0.15) is 17.2 Å². The van der Waals surface area contributed by atoms with Crippen LogP contribution in [0.4, 0.5) is 4.39 Å². The molecular formula is C15H13BrClFO3. The molecule has 0 saturated heterocycles. The van der Waals surface area contributed by atoms with Crippen molar-refractivity contribution in [2.45, 2.75) is 6.10 Å². The fourth-order valence-electron chi connectivity index (χ4n) is 2.00. The van der Waals surface area contributed by atoms with Crippen molar-refractivity contribution >= 4 is 27.5 Å². The Morgan fingerprint density at radius 3 is 2.43 bits per heavy atom. The molecule has 0 heterocycles. The molecule has 2 aromatic rings. The lowest BCUT2D eigenvalue weighted by Gasteiger charge is -2.18. The summed E-state index contributed by atoms with van der Waals surface area (Å²) in [6, 6.07) is 7.72. The Morgan fingerprint density at radius 2 is 1.81 bits per heavy atom. The molecule has 0 aromatic heterocycles. The van der Waals surface area contributed by atoms with E-state index in [1.165, 1.54) is 26.4 Å². The van der Waals surface area contributed by atoms with Crippen LogP contribution in [-0.4, -0.2) is 19.3 Å². The third kappa shape index (κ3) is 3.15. The zero-order chi connectivity index (χ0) is 15.6. The summed E-state index contributed by atoms with van der Waals surface area (Å²) in [7, 11) is 2.99. The number of benzene rings is 2. The number of aliphatic hydroxyl groups is 1. The predicted molar refractivity (Wildman–Crippen MR) is 82.7 cm³/mol. The average Bonchev–Trinajstić information content (AvgIpc) is 2.49. The van der Waals surface area contributed by atoms with Crippen molar-refractivity contribution < 1.29 is 19.0 Å². The van der Waals surface area contributed by atoms with E-state index in [4.69, 9.17) is 21.1 Å². The first-order valence-electron chi connectivity index (χ1n) is 6.03. The van der Waals surface area contributed by atoms with Gasteiger partial charge in [-0.1, -0.05) is 23.7 Å². The largest absolute Gasteiger partial charge is 0.496 e. The van der Waals surface area contributed by atoms with Crippen molar-refractivity contribution in [3.8, 4) is 11.5 Å². The summed E-state index contributed by atoms with van der Waals surface area (Å²) in [5.41, 5.74) is 0.490. The molecule has 0 fully saturated rings. The second-order valence-corrected chi connectivity index (χ2v) is 5.54. The topological polar surface area (TPSA) is 38.7 Å². The summed E-state index contributed by atoms with van der Waals surface area (Å²) in [6.07, 6.45) is -1.21. The number of halogens is 3. The van der Waals surface area contributed by atoms with Gasteiger partial charge in [-0.2, -0.15) is 0 Å². The smallest absolute Gasteiger partial charge is 0.147 e. The molecule has 112 valence electrons. The second kappa shape index (κ2) is 6.64. The van der Waals surface area contributed by atoms with Gasteiger partial charge in [-0.25, -0.2) is 4.39 Å². The van der Waals surface area contributed by atoms with E-state index < -0.39 is 11.9 Å². The summed E-state index contributed by atoms with van der Waals surface area (Å²) in [6.45, 7) is 0. The van der Waals surface area contributed by atoms with Crippen molar-refractivity contribution in [3.63, 3.8) is 0 Å². The number of rotatable bonds is 4. The summed E-state index contributed by atoms with van der Waals surface area (Å²) in [5, 5.41) is 10.4. The van der Waals surface area contributed by atoms with Gasteiger partial charge in [-0.3, -0.25) is 0 Å². The van der Waals surface area contributed by atoms with Gasteiger partial charge < -0.3 is 14.6 Å². The summed E-state index contributed by atoms with van der Waals surface area (Å²) in [4.78, 5) is 0. The van der Waals surface area contributed by atoms with E-state index >= 15 is 0 Å². The quantitative estimate of drug-likeness (QED) is 0.864. The molecule has 0 aliphatic carbocycles. The van der Waals surface area contributed by atoms with Crippen molar-refractivity contribution in [3.05, 3.63) is 56.8 Å². The van der Waals surface area contributed by atoms with Gasteiger partial charge in [0.25, 0.3) is 0 Å². The Labute approximate surface area is 135 Å². The molecule has 21 heavy (non-hydrogen) atoms. The number of hydrogen-bond donors (Lipinski definition) is 1. The molecule has 0 unspecified atom stereocenters. The van der Waals surface area contributed by atoms with Crippen LogP contribution in [0.2, 0.25) is 5.02 Å². The molecule has 2 rings (SSSR count). The van der Waals surface area contributed by atoms with Crippen LogP contribution < -0.4 is 9.47 Å². The molecule has 0 saturated carbocycles. The van der Waals surface area contributed by atoms with Gasteiger partial charge in [0.1, 0.15) is 23.4 Å². The molecule has 0 aliphatic heterocycles. The molecule has 0 radical (unpaired) electrons. The maximum absolute atomic E-state index is 14.1. The highest BCUT2D eigenvalue weighted by Crippen LogP contribution is 2.39. The first kappa shape index (κ1) is 16.1. The molecule has 1 N–H and O–H groups in total. The lowest BCUT2D eigenvalue weighted by atomic mass is 10.00. The van der Waals surface area contributed by atoms with Crippen LogP contribution in [0.5, 0.6) is 11.5 Å². The Bertz CT molecular complexity index is 664. The van der Waals surface area contributed by atoms with Gasteiger partial charge in [0, 0.05) is 17.2 Å². The third-order valence-electron chi connectivity index (χ3n) is 3.07. The van der Waals surface area contributed by atoms with Crippen molar-refractivity contribution in [2.24, 2.45) is 0 Å². The van der Waals surface area contributed by atoms with Gasteiger partial charge in [0.2, 0.25) is 0 Å². The molecule has 0 bridgehead atoms. The molecule has 3 nitrogen and oxygen atoms in total. The fraction of sp³-hybridized carbons (Fsp3) is 0.200. The highest BCUT2D eigenvalue weighted by molar-refractivity contribution is 9.10. The highest BCUT2D eigenvalue weighted by atomic mass is 79.9. The van der Waals surface area contributed by atoms with Gasteiger partial charge >= 0.3 is 0 Å². The Hall–Kier alpha value is -1.30. The van der Waals surface area contributed by atoms with Crippen molar-refractivity contribution in [1.82, 2.24) is 0 Å². The Balaban J connectivity index is 2.55. The second-order valence-electron chi connectivity index (χ2n) is 4.27. The minimum Gasteiger partial charge on any atom is -0.496 e. The maximum atomic E-state index is 14.1. The highest BCUT2D eigenvalue weighted by Gasteiger charge is 2.22. The minimum atomic E-state index is -1.21. The van der Waals surface area contributed by atoms with Gasteiger partial charge in [0.05, 0.1) is 23.7 Å². The molecule has 0 amide bonds. The van der Waals surface area contributed by atoms with E-state index in [9.17, 15) is 9.50 Å². The van der Waals surface area contributed by atoms with Crippen LogP contribution in [-0.2, 0) is 0 Å². The lowest BCUT2D eigenvalue weighted by Crippen LogP contribution is -2.05. The Morgan fingerprint density at radius 1 is 1.14 bits per heavy atom. The molecule has 0 spiro atoms. The van der Waals surface area contributed by atoms with E-state index in [-0.39, 0.29) is 10.6 Å². The normalized spacial score (nSPS) is 12.1. The number of ether oxygens (including phenoxy) is 2. The summed E-state index contributed by atoms with van der Waals surface area (Å²) in [5.74, 6) is 0.289. The fourth-order valence-corrected chi connectivity index (χ4v) is 2.70. The van der Waals surface area contributed by atoms with Crippen molar-refractivity contribution in [2.75, 3.05) is 14.2 Å². The van der Waals surface area contributed by atoms with E-state index in [0.29, 0.717) is 21.5 Å². The van der Waals surface area contributed by atoms with E-state index in [2.05, 4.69) is 15.9 Å². The van der Waals surface area contributed by atoms with Gasteiger partial charge in [0.15, 0.2) is 0 Å². The monoisotopic (exact) mass is 374 g/mol. The zero-order valence-electron chi connectivity index (χ0n) is 11.4. The average molecular weight is 376 g/mol. The third-order valence-corrected chi connectivity index (χ3v) is 3.99. The summed E-state index contributed by atoms with van der Waals surface area (Å²) >= 11 is 9.08. The van der Waals surface area contributed by atoms with Gasteiger partial charge in [-0.05, 0) is 28.1 Å². The molecule has 0 aliphatic rings. The first-order chi connectivity index (χ1) is 9.99. The SMILES string of the molecule is COc1cc(OC)c([C@@H](O)c2cccc(Cl)c2F)cc1Br. The van der Waals surface area contributed by atoms with Gasteiger partial charge in [-0.15, -0.1) is 0 Å². The van der Waals surface area contributed by atoms with Crippen LogP contribution in [0.25, 0.3) is 0 Å². The molecule has 6 heteroatoms. The number of hydrogen-bond acceptors (Lipinski definition) is 3. The maximum Gasteiger partial charge on any atom is 0.147 e. The van der Waals surface area contributed by atoms with E-state index in [0.717, 1.165) is 0 Å². The van der Waals surface area contributed by atoms with E-state index in [1.807, 2.05) is 0 Å². The van der Waals surface area contributed by atoms with Crippen molar-refractivity contribution in [1.29, 1.82) is 0 Å². The number of aliphatic hydroxyl groups excluding tert-OH is 1. The lowest BCUT2D eigenvalue weighted by molar-refractivity contribution is 0.209. The van der Waals surface area contributed by atoms with Crippen LogP contribution in [0.15, 0.2) is 34.8 Å². The van der Waals surface area contributed by atoms with Crippen LogP contribution in [0, 0.1) is 5.82 Å². The standard InChI is InChI=1S/C15H13BrClFO3/c1-20-12-7-13(21-2)10(16)6-9(12)15(19)8-4-3-5-11(17)14(8)18/h3-7,15,19H,1-2H3/t15-/m0/s1. The predicted octanol–water partition coefficient (Wildman–Crippen LogP) is 4.34. The first-order valence-corrected chi connectivity index (χ1v) is 7.20. The van der Waals surface area contributed by atoms with Crippen LogP contribution >= 0.6 is 27.5 Å². The molecular weight excluding hydrogens is 363 g/mol.